The SMILES string of the molecule is CCC(C)N(CCNC(=O)c1ccc(/C=C2/OC3CCCCC3N(Cc3cccc(C)c3)C2=O)cc1)C1CCCCC1. The van der Waals surface area contributed by atoms with Gasteiger partial charge in [-0.25, -0.2) is 0 Å². The van der Waals surface area contributed by atoms with Gasteiger partial charge in [0.15, 0.2) is 5.76 Å². The average molecular weight is 572 g/mol. The third-order valence-electron chi connectivity index (χ3n) is 9.58. The summed E-state index contributed by atoms with van der Waals surface area (Å²) < 4.78 is 6.32. The summed E-state index contributed by atoms with van der Waals surface area (Å²) in [4.78, 5) is 31.3. The van der Waals surface area contributed by atoms with Gasteiger partial charge >= 0.3 is 0 Å². The van der Waals surface area contributed by atoms with Gasteiger partial charge in [0.2, 0.25) is 0 Å². The molecule has 2 aromatic rings. The molecular formula is C36H49N3O3. The maximum atomic E-state index is 13.7. The van der Waals surface area contributed by atoms with Crippen LogP contribution in [0.1, 0.15) is 105 Å². The highest BCUT2D eigenvalue weighted by molar-refractivity contribution is 5.97. The molecular weight excluding hydrogens is 522 g/mol. The van der Waals surface area contributed by atoms with E-state index in [0.717, 1.165) is 49.8 Å². The molecule has 2 aliphatic carbocycles. The van der Waals surface area contributed by atoms with E-state index in [2.05, 4.69) is 55.3 Å². The molecule has 2 amide bonds. The Kier molecular flexibility index (Phi) is 10.4. The molecule has 6 nitrogen and oxygen atoms in total. The lowest BCUT2D eigenvalue weighted by molar-refractivity contribution is -0.149. The van der Waals surface area contributed by atoms with Crippen LogP contribution < -0.4 is 5.32 Å². The molecule has 3 aliphatic rings. The number of benzene rings is 2. The standard InChI is InChI=1S/C36H49N3O3/c1-4-27(3)38(31-13-6-5-7-14-31)22-21-37-35(40)30-19-17-28(18-20-30)24-34-36(41)39(25-29-12-10-11-26(2)23-29)32-15-8-9-16-33(32)42-34/h10-12,17-20,23-24,27,31-33H,4-9,13-16,21-22,25H2,1-3H3,(H,37,40)/b34-24+. The summed E-state index contributed by atoms with van der Waals surface area (Å²) in [5, 5.41) is 3.14. The molecule has 42 heavy (non-hydrogen) atoms. The molecule has 3 unspecified atom stereocenters. The van der Waals surface area contributed by atoms with Crippen LogP contribution in [0.2, 0.25) is 0 Å². The average Bonchev–Trinajstić information content (AvgIpc) is 3.01. The number of nitrogens with zero attached hydrogens (tertiary/aromatic N) is 2. The second kappa shape index (κ2) is 14.4. The van der Waals surface area contributed by atoms with Crippen molar-refractivity contribution in [3.05, 3.63) is 76.5 Å². The van der Waals surface area contributed by atoms with Gasteiger partial charge in [0.25, 0.3) is 11.8 Å². The van der Waals surface area contributed by atoms with Crippen molar-refractivity contribution in [3.63, 3.8) is 0 Å². The molecule has 226 valence electrons. The van der Waals surface area contributed by atoms with E-state index >= 15 is 0 Å². The van der Waals surface area contributed by atoms with Crippen LogP contribution in [-0.2, 0) is 16.1 Å². The number of carbonyl (C=O) groups excluding carboxylic acids is 2. The van der Waals surface area contributed by atoms with Crippen molar-refractivity contribution in [2.24, 2.45) is 0 Å². The third kappa shape index (κ3) is 7.44. The minimum absolute atomic E-state index is 0.0289. The Balaban J connectivity index is 1.22. The number of hydrogen-bond acceptors (Lipinski definition) is 4. The van der Waals surface area contributed by atoms with Gasteiger partial charge < -0.3 is 15.0 Å². The molecule has 1 saturated heterocycles. The lowest BCUT2D eigenvalue weighted by atomic mass is 9.89. The predicted molar refractivity (Wildman–Crippen MR) is 169 cm³/mol. The summed E-state index contributed by atoms with van der Waals surface area (Å²) in [6.07, 6.45) is 13.7. The molecule has 3 atom stereocenters. The molecule has 1 heterocycles. The van der Waals surface area contributed by atoms with Crippen molar-refractivity contribution in [2.75, 3.05) is 13.1 Å². The van der Waals surface area contributed by atoms with Gasteiger partial charge in [-0.15, -0.1) is 0 Å². The summed E-state index contributed by atoms with van der Waals surface area (Å²) in [6.45, 7) is 8.76. The fourth-order valence-electron chi connectivity index (χ4n) is 7.06. The van der Waals surface area contributed by atoms with E-state index in [-0.39, 0.29) is 24.0 Å². The van der Waals surface area contributed by atoms with Gasteiger partial charge in [-0.3, -0.25) is 14.5 Å². The first-order valence-corrected chi connectivity index (χ1v) is 16.3. The number of ether oxygens (including phenoxy) is 1. The third-order valence-corrected chi connectivity index (χ3v) is 9.58. The minimum atomic E-state index is -0.0543. The van der Waals surface area contributed by atoms with E-state index in [9.17, 15) is 9.59 Å². The molecule has 1 N–H and O–H groups in total. The lowest BCUT2D eigenvalue weighted by Crippen LogP contribution is -2.54. The van der Waals surface area contributed by atoms with Crippen molar-refractivity contribution >= 4 is 17.9 Å². The van der Waals surface area contributed by atoms with E-state index in [1.54, 1.807) is 0 Å². The van der Waals surface area contributed by atoms with E-state index in [1.165, 1.54) is 37.7 Å². The van der Waals surface area contributed by atoms with Gasteiger partial charge in [-0.2, -0.15) is 0 Å². The van der Waals surface area contributed by atoms with Gasteiger partial charge in [-0.1, -0.05) is 74.6 Å². The molecule has 0 bridgehead atoms. The normalized spacial score (nSPS) is 23.0. The fourth-order valence-corrected chi connectivity index (χ4v) is 7.06. The Morgan fingerprint density at radius 3 is 2.52 bits per heavy atom. The zero-order valence-electron chi connectivity index (χ0n) is 25.8. The zero-order chi connectivity index (χ0) is 29.5. The number of hydrogen-bond donors (Lipinski definition) is 1. The highest BCUT2D eigenvalue weighted by atomic mass is 16.5. The number of fused-ring (bicyclic) bond motifs is 1. The number of rotatable bonds is 10. The van der Waals surface area contributed by atoms with Crippen molar-refractivity contribution in [3.8, 4) is 0 Å². The van der Waals surface area contributed by atoms with Gasteiger partial charge in [0, 0.05) is 37.3 Å². The van der Waals surface area contributed by atoms with Gasteiger partial charge in [0.1, 0.15) is 6.10 Å². The molecule has 0 radical (unpaired) electrons. The summed E-state index contributed by atoms with van der Waals surface area (Å²) in [6, 6.07) is 17.2. The van der Waals surface area contributed by atoms with E-state index < -0.39 is 0 Å². The topological polar surface area (TPSA) is 61.9 Å². The number of amides is 2. The van der Waals surface area contributed by atoms with Crippen molar-refractivity contribution < 1.29 is 14.3 Å². The van der Waals surface area contributed by atoms with Gasteiger partial charge in [-0.05, 0) is 81.7 Å². The van der Waals surface area contributed by atoms with Crippen LogP contribution in [0.15, 0.2) is 54.3 Å². The molecule has 2 saturated carbocycles. The second-order valence-electron chi connectivity index (χ2n) is 12.6. The quantitative estimate of drug-likeness (QED) is 0.316. The van der Waals surface area contributed by atoms with E-state index in [4.69, 9.17) is 4.74 Å². The molecule has 3 fully saturated rings. The van der Waals surface area contributed by atoms with E-state index in [1.807, 2.05) is 35.2 Å². The maximum Gasteiger partial charge on any atom is 0.289 e. The number of aryl methyl sites for hydroxylation is 1. The minimum Gasteiger partial charge on any atom is -0.482 e. The largest absolute Gasteiger partial charge is 0.482 e. The Hall–Kier alpha value is -3.12. The van der Waals surface area contributed by atoms with Crippen LogP contribution in [0.3, 0.4) is 0 Å². The number of carbonyl (C=O) groups is 2. The Morgan fingerprint density at radius 1 is 1.05 bits per heavy atom. The lowest BCUT2D eigenvalue weighted by Gasteiger charge is -2.44. The van der Waals surface area contributed by atoms with Crippen LogP contribution in [0.5, 0.6) is 0 Å². The van der Waals surface area contributed by atoms with Crippen LogP contribution >= 0.6 is 0 Å². The van der Waals surface area contributed by atoms with Gasteiger partial charge in [0.05, 0.1) is 6.04 Å². The van der Waals surface area contributed by atoms with E-state index in [0.29, 0.717) is 36.5 Å². The molecule has 0 spiro atoms. The molecule has 0 aromatic heterocycles. The molecule has 5 rings (SSSR count). The van der Waals surface area contributed by atoms with Crippen molar-refractivity contribution in [2.45, 2.75) is 116 Å². The predicted octanol–water partition coefficient (Wildman–Crippen LogP) is 6.87. The number of morpholine rings is 1. The highest BCUT2D eigenvalue weighted by Crippen LogP contribution is 2.34. The summed E-state index contributed by atoms with van der Waals surface area (Å²) in [7, 11) is 0. The van der Waals surface area contributed by atoms with Crippen LogP contribution in [0.25, 0.3) is 6.08 Å². The summed E-state index contributed by atoms with van der Waals surface area (Å²) >= 11 is 0. The van der Waals surface area contributed by atoms with Crippen LogP contribution in [-0.4, -0.2) is 58.9 Å². The van der Waals surface area contributed by atoms with Crippen LogP contribution in [0, 0.1) is 6.92 Å². The maximum absolute atomic E-state index is 13.7. The molecule has 6 heteroatoms. The fraction of sp³-hybridized carbons (Fsp3) is 0.556. The van der Waals surface area contributed by atoms with Crippen molar-refractivity contribution in [1.82, 2.24) is 15.1 Å². The Morgan fingerprint density at radius 2 is 1.79 bits per heavy atom. The van der Waals surface area contributed by atoms with Crippen molar-refractivity contribution in [1.29, 1.82) is 0 Å². The Labute approximate surface area is 252 Å². The molecule has 2 aromatic carbocycles. The zero-order valence-corrected chi connectivity index (χ0v) is 25.8. The smallest absolute Gasteiger partial charge is 0.289 e. The first-order chi connectivity index (χ1) is 20.4. The van der Waals surface area contributed by atoms with Crippen LogP contribution in [0.4, 0.5) is 0 Å². The second-order valence-corrected chi connectivity index (χ2v) is 12.6. The first-order valence-electron chi connectivity index (χ1n) is 16.3. The number of nitrogens with one attached hydrogen (secondary N) is 1. The summed E-state index contributed by atoms with van der Waals surface area (Å²) in [5.41, 5.74) is 3.84. The monoisotopic (exact) mass is 571 g/mol. The summed E-state index contributed by atoms with van der Waals surface area (Å²) in [5.74, 6) is 0.294. The first kappa shape index (κ1) is 30.3. The highest BCUT2D eigenvalue weighted by Gasteiger charge is 2.41. The Bertz CT molecular complexity index is 1230. The molecule has 1 aliphatic heterocycles.